The molecule has 4 aromatic rings. The first-order valence-electron chi connectivity index (χ1n) is 14.9. The van der Waals surface area contributed by atoms with E-state index in [-0.39, 0.29) is 27.8 Å². The van der Waals surface area contributed by atoms with E-state index in [2.05, 4.69) is 0 Å². The first kappa shape index (κ1) is 32.2. The molecular weight excluding hydrogens is 694 g/mol. The third-order valence-corrected chi connectivity index (χ3v) is 14.1. The number of benzene rings is 3. The maximum absolute atomic E-state index is 13.9. The second kappa shape index (κ2) is 13.2. The number of pyridine rings is 1. The number of hydrogen-bond donors (Lipinski definition) is 1. The minimum atomic E-state index is -3.93. The number of nitrogens with zero attached hydrogens (tertiary/aromatic N) is 2. The molecule has 45 heavy (non-hydrogen) atoms. The standard InChI is InChI=1S/C34H32AsCl2N2O5S/c1-20-9-13-24(14-10-20)45(43,44)39-30-8-3-2-5-23(30)19-31(39)33(40)35-25(34(41)42)18-21-11-15-28-22(17-21)12-16-29(38-28)32-26(36)6-4-7-27(32)37/h4,6-7,9-17,23,25,30-31H,2-3,5,8,18-19H2,1H3,(H,41,42)/t23-,25?,30-,31-/m0/s1. The van der Waals surface area contributed by atoms with Crippen molar-refractivity contribution in [1.29, 1.82) is 0 Å². The molecule has 233 valence electrons. The van der Waals surface area contributed by atoms with E-state index in [0.717, 1.165) is 35.8 Å². The third-order valence-electron chi connectivity index (χ3n) is 8.88. The molecule has 2 heterocycles. The first-order chi connectivity index (χ1) is 21.5. The van der Waals surface area contributed by atoms with E-state index in [4.69, 9.17) is 28.2 Å². The number of carboxylic acids is 1. The van der Waals surface area contributed by atoms with Gasteiger partial charge in [-0.1, -0.05) is 0 Å². The molecule has 0 amide bonds. The number of aryl methyl sites for hydroxylation is 1. The zero-order valence-electron chi connectivity index (χ0n) is 24.6. The van der Waals surface area contributed by atoms with Crippen molar-refractivity contribution in [2.45, 2.75) is 67.1 Å². The Balaban J connectivity index is 1.24. The third kappa shape index (κ3) is 6.59. The topological polar surface area (TPSA) is 105 Å². The molecule has 6 rings (SSSR count). The van der Waals surface area contributed by atoms with E-state index in [0.29, 0.717) is 39.7 Å². The van der Waals surface area contributed by atoms with Crippen molar-refractivity contribution in [2.75, 3.05) is 0 Å². The molecule has 1 aliphatic heterocycles. The van der Waals surface area contributed by atoms with E-state index in [1.165, 1.54) is 4.31 Å². The Morgan fingerprint density at radius 3 is 2.42 bits per heavy atom. The summed E-state index contributed by atoms with van der Waals surface area (Å²) < 4.78 is 28.2. The van der Waals surface area contributed by atoms with E-state index in [9.17, 15) is 23.1 Å². The quantitative estimate of drug-likeness (QED) is 0.183. The number of halogens is 2. The summed E-state index contributed by atoms with van der Waals surface area (Å²) in [6.45, 7) is 1.89. The number of hydrogen-bond acceptors (Lipinski definition) is 5. The van der Waals surface area contributed by atoms with Gasteiger partial charge >= 0.3 is 281 Å². The number of carboxylic acid groups (broad SMARTS) is 1. The van der Waals surface area contributed by atoms with Gasteiger partial charge in [0.2, 0.25) is 0 Å². The summed E-state index contributed by atoms with van der Waals surface area (Å²) in [6, 6.07) is 20.2. The Labute approximate surface area is 279 Å². The Hall–Kier alpha value is -2.74. The second-order valence-electron chi connectivity index (χ2n) is 11.9. The van der Waals surface area contributed by atoms with Crippen molar-refractivity contribution in [2.24, 2.45) is 5.92 Å². The number of carbonyl (C=O) groups excluding carboxylic acids is 1. The Morgan fingerprint density at radius 1 is 1.00 bits per heavy atom. The zero-order valence-corrected chi connectivity index (χ0v) is 28.8. The molecule has 4 atom stereocenters. The van der Waals surface area contributed by atoms with Gasteiger partial charge in [-0.05, 0) is 0 Å². The molecule has 0 spiro atoms. The van der Waals surface area contributed by atoms with Crippen molar-refractivity contribution in [3.63, 3.8) is 0 Å². The molecule has 1 unspecified atom stereocenters. The van der Waals surface area contributed by atoms with Gasteiger partial charge in [-0.3, -0.25) is 0 Å². The number of carbonyl (C=O) groups is 2. The molecule has 1 saturated heterocycles. The molecule has 1 aliphatic carbocycles. The van der Waals surface area contributed by atoms with Crippen LogP contribution in [0, 0.1) is 12.8 Å². The molecule has 3 aromatic carbocycles. The van der Waals surface area contributed by atoms with Gasteiger partial charge in [-0.15, -0.1) is 0 Å². The van der Waals surface area contributed by atoms with E-state index in [1.807, 2.05) is 37.3 Å². The van der Waals surface area contributed by atoms with Crippen molar-refractivity contribution in [1.82, 2.24) is 9.29 Å². The van der Waals surface area contributed by atoms with Crippen molar-refractivity contribution in [3.05, 3.63) is 94.0 Å². The van der Waals surface area contributed by atoms with Crippen molar-refractivity contribution < 1.29 is 23.1 Å². The molecule has 0 bridgehead atoms. The molecule has 1 radical (unpaired) electrons. The van der Waals surface area contributed by atoms with Gasteiger partial charge in [0, 0.05) is 0 Å². The van der Waals surface area contributed by atoms with Crippen LogP contribution in [0.15, 0.2) is 77.7 Å². The summed E-state index contributed by atoms with van der Waals surface area (Å²) in [5, 5.41) is 12.0. The van der Waals surface area contributed by atoms with Crippen LogP contribution in [0.3, 0.4) is 0 Å². The molecule has 2 aliphatic rings. The van der Waals surface area contributed by atoms with Gasteiger partial charge in [0.25, 0.3) is 0 Å². The zero-order chi connectivity index (χ0) is 31.9. The average molecular weight is 727 g/mol. The van der Waals surface area contributed by atoms with Gasteiger partial charge in [0.15, 0.2) is 0 Å². The monoisotopic (exact) mass is 725 g/mol. The molecule has 1 N–H and O–H groups in total. The summed E-state index contributed by atoms with van der Waals surface area (Å²) in [6.07, 6.45) is 4.14. The van der Waals surface area contributed by atoms with Crippen LogP contribution in [0.1, 0.15) is 43.2 Å². The molecule has 1 aromatic heterocycles. The molecule has 11 heteroatoms. The van der Waals surface area contributed by atoms with Gasteiger partial charge < -0.3 is 0 Å². The molecule has 2 fully saturated rings. The van der Waals surface area contributed by atoms with Gasteiger partial charge in [0.05, 0.1) is 0 Å². The van der Waals surface area contributed by atoms with Crippen LogP contribution in [0.2, 0.25) is 14.8 Å². The number of aliphatic carboxylic acids is 1. The van der Waals surface area contributed by atoms with Gasteiger partial charge in [-0.2, -0.15) is 0 Å². The van der Waals surface area contributed by atoms with E-state index >= 15 is 0 Å². The number of aromatic nitrogens is 1. The number of rotatable bonds is 9. The minimum absolute atomic E-state index is 0.107. The van der Waals surface area contributed by atoms with Gasteiger partial charge in [0.1, 0.15) is 0 Å². The molecule has 7 nitrogen and oxygen atoms in total. The van der Waals surface area contributed by atoms with Crippen molar-refractivity contribution >= 4 is 70.4 Å². The fourth-order valence-electron chi connectivity index (χ4n) is 6.64. The van der Waals surface area contributed by atoms with Crippen LogP contribution in [0.5, 0.6) is 0 Å². The van der Waals surface area contributed by atoms with Crippen LogP contribution in [-0.4, -0.2) is 61.2 Å². The number of fused-ring (bicyclic) bond motifs is 2. The van der Waals surface area contributed by atoms with Gasteiger partial charge in [-0.25, -0.2) is 0 Å². The van der Waals surface area contributed by atoms with Crippen LogP contribution < -0.4 is 0 Å². The van der Waals surface area contributed by atoms with Crippen LogP contribution >= 0.6 is 23.2 Å². The Morgan fingerprint density at radius 2 is 1.71 bits per heavy atom. The predicted molar refractivity (Wildman–Crippen MR) is 177 cm³/mol. The normalized spacial score (nSPS) is 21.3. The van der Waals surface area contributed by atoms with Crippen LogP contribution in [-0.2, 0) is 26.0 Å². The van der Waals surface area contributed by atoms with E-state index < -0.39 is 42.5 Å². The summed E-state index contributed by atoms with van der Waals surface area (Å²) in [5.74, 6) is -0.940. The summed E-state index contributed by atoms with van der Waals surface area (Å²) >= 11 is 11.4. The summed E-state index contributed by atoms with van der Waals surface area (Å²) in [7, 11) is -3.93. The fourth-order valence-corrected chi connectivity index (χ4v) is 11.6. The fraction of sp³-hybridized carbons (Fsp3) is 0.324. The summed E-state index contributed by atoms with van der Waals surface area (Å²) in [5.41, 5.74) is 3.70. The number of sulfonamides is 1. The molecular formula is C34H32AsCl2N2O5S. The maximum atomic E-state index is 13.9. The van der Waals surface area contributed by atoms with Crippen molar-refractivity contribution in [3.8, 4) is 11.3 Å². The van der Waals surface area contributed by atoms with Crippen LogP contribution in [0.25, 0.3) is 22.2 Å². The van der Waals surface area contributed by atoms with Crippen LogP contribution in [0.4, 0.5) is 0 Å². The Bertz CT molecular complexity index is 1870. The predicted octanol–water partition coefficient (Wildman–Crippen LogP) is 7.19. The Kier molecular flexibility index (Phi) is 9.43. The van der Waals surface area contributed by atoms with E-state index in [1.54, 1.807) is 42.5 Å². The molecule has 1 saturated carbocycles. The SMILES string of the molecule is Cc1ccc(S(=O)(=O)N2[C@H](C(=O)[As]C(Cc3ccc4nc(-c5c(Cl)cccc5Cl)ccc4c3)C(=O)O)C[C@@H]3CCCC[C@@H]32)cc1. The first-order valence-corrected chi connectivity index (χ1v) is 19.2. The second-order valence-corrected chi connectivity index (χ2v) is 17.3. The average Bonchev–Trinajstić information content (AvgIpc) is 3.42. The summed E-state index contributed by atoms with van der Waals surface area (Å²) in [4.78, 5) is 31.3.